The number of hydrogen-bond acceptors (Lipinski definition) is 8. The molecular formula is C19H20N8O2S. The Morgan fingerprint density at radius 2 is 2.07 bits per heavy atom. The van der Waals surface area contributed by atoms with E-state index in [0.29, 0.717) is 23.3 Å². The summed E-state index contributed by atoms with van der Waals surface area (Å²) in [5.41, 5.74) is 1.39. The van der Waals surface area contributed by atoms with Crippen LogP contribution in [0.1, 0.15) is 24.5 Å². The average molecular weight is 424 g/mol. The molecule has 11 heteroatoms. The van der Waals surface area contributed by atoms with Crippen LogP contribution in [0.25, 0.3) is 10.9 Å². The van der Waals surface area contributed by atoms with E-state index in [4.69, 9.17) is 0 Å². The molecule has 5 rings (SSSR count). The van der Waals surface area contributed by atoms with Crippen LogP contribution in [0.4, 0.5) is 11.5 Å². The van der Waals surface area contributed by atoms with Crippen molar-refractivity contribution in [3.8, 4) is 0 Å². The molecule has 1 aliphatic heterocycles. The van der Waals surface area contributed by atoms with E-state index in [-0.39, 0.29) is 4.90 Å². The summed E-state index contributed by atoms with van der Waals surface area (Å²) < 4.78 is 27.8. The van der Waals surface area contributed by atoms with Crippen LogP contribution in [0.15, 0.2) is 41.8 Å². The fraction of sp³-hybridized carbons (Fsp3) is 0.316. The topological polar surface area (TPSA) is 120 Å². The van der Waals surface area contributed by atoms with Crippen molar-refractivity contribution < 1.29 is 8.42 Å². The highest BCUT2D eigenvalue weighted by atomic mass is 32.2. The molecule has 0 radical (unpaired) electrons. The first kappa shape index (κ1) is 18.7. The van der Waals surface area contributed by atoms with Crippen molar-refractivity contribution in [1.29, 1.82) is 0 Å². The van der Waals surface area contributed by atoms with E-state index in [2.05, 4.69) is 35.1 Å². The number of rotatable bonds is 5. The van der Waals surface area contributed by atoms with E-state index in [9.17, 15) is 8.42 Å². The van der Waals surface area contributed by atoms with Gasteiger partial charge in [-0.1, -0.05) is 0 Å². The highest BCUT2D eigenvalue weighted by Gasteiger charge is 2.16. The zero-order chi connectivity index (χ0) is 20.7. The molecule has 0 aliphatic carbocycles. The van der Waals surface area contributed by atoms with Crippen molar-refractivity contribution in [2.24, 2.45) is 0 Å². The van der Waals surface area contributed by atoms with Gasteiger partial charge in [0, 0.05) is 30.8 Å². The van der Waals surface area contributed by atoms with Crippen molar-refractivity contribution in [3.05, 3.63) is 48.6 Å². The first-order valence-electron chi connectivity index (χ1n) is 9.63. The maximum atomic E-state index is 11.9. The van der Waals surface area contributed by atoms with Crippen molar-refractivity contribution in [1.82, 2.24) is 34.5 Å². The lowest BCUT2D eigenvalue weighted by Gasteiger charge is -2.14. The molecule has 1 N–H and O–H groups in total. The van der Waals surface area contributed by atoms with Crippen LogP contribution in [0.3, 0.4) is 0 Å². The molecule has 0 fully saturated rings. The van der Waals surface area contributed by atoms with E-state index >= 15 is 0 Å². The summed E-state index contributed by atoms with van der Waals surface area (Å²) >= 11 is 0. The summed E-state index contributed by atoms with van der Waals surface area (Å²) in [5.74, 6) is 2.45. The van der Waals surface area contributed by atoms with Gasteiger partial charge in [-0.15, -0.1) is 10.2 Å². The lowest BCUT2D eigenvalue weighted by molar-refractivity contribution is 0.496. The molecule has 0 amide bonds. The van der Waals surface area contributed by atoms with Crippen molar-refractivity contribution in [2.75, 3.05) is 11.6 Å². The molecule has 0 unspecified atom stereocenters. The number of nitrogens with zero attached hydrogens (tertiary/aromatic N) is 7. The quantitative estimate of drug-likeness (QED) is 0.516. The molecule has 3 aromatic heterocycles. The SMILES string of the molecule is CS(=O)(=O)c1ccc2ncnc(Nc3cnn(Cc4nnc5n4CCCC5)c3)c2c1. The number of nitrogens with one attached hydrogen (secondary N) is 1. The van der Waals surface area contributed by atoms with Crippen LogP contribution in [0, 0.1) is 0 Å². The highest BCUT2D eigenvalue weighted by molar-refractivity contribution is 7.90. The lowest BCUT2D eigenvalue weighted by Crippen LogP contribution is -2.15. The predicted molar refractivity (Wildman–Crippen MR) is 110 cm³/mol. The zero-order valence-electron chi connectivity index (χ0n) is 16.4. The van der Waals surface area contributed by atoms with Gasteiger partial charge in [-0.3, -0.25) is 4.68 Å². The number of aryl methyl sites for hydroxylation is 1. The largest absolute Gasteiger partial charge is 0.337 e. The minimum Gasteiger partial charge on any atom is -0.337 e. The summed E-state index contributed by atoms with van der Waals surface area (Å²) in [7, 11) is -3.33. The van der Waals surface area contributed by atoms with Gasteiger partial charge in [0.05, 0.1) is 22.3 Å². The van der Waals surface area contributed by atoms with Gasteiger partial charge in [0.25, 0.3) is 0 Å². The Kier molecular flexibility index (Phi) is 4.46. The van der Waals surface area contributed by atoms with Gasteiger partial charge in [-0.2, -0.15) is 5.10 Å². The van der Waals surface area contributed by atoms with Crippen LogP contribution < -0.4 is 5.32 Å². The standard InChI is InChI=1S/C19H20N8O2S/c1-30(28,29)14-5-6-16-15(8-14)19(21-12-20-16)23-13-9-22-26(10-13)11-18-25-24-17-4-2-3-7-27(17)18/h5-6,8-10,12H,2-4,7,11H2,1H3,(H,20,21,23). The van der Waals surface area contributed by atoms with Crippen LogP contribution in [-0.4, -0.2) is 49.2 Å². The Hall–Kier alpha value is -3.34. The van der Waals surface area contributed by atoms with E-state index in [1.54, 1.807) is 29.1 Å². The first-order chi connectivity index (χ1) is 14.5. The molecule has 30 heavy (non-hydrogen) atoms. The first-order valence-corrected chi connectivity index (χ1v) is 11.5. The Labute approximate surface area is 172 Å². The smallest absolute Gasteiger partial charge is 0.175 e. The Bertz CT molecular complexity index is 1340. The maximum absolute atomic E-state index is 11.9. The fourth-order valence-corrected chi connectivity index (χ4v) is 4.29. The Balaban J connectivity index is 1.41. The molecule has 154 valence electrons. The minimum absolute atomic E-state index is 0.222. The number of anilines is 2. The number of aromatic nitrogens is 7. The molecule has 1 aromatic carbocycles. The summed E-state index contributed by atoms with van der Waals surface area (Å²) in [5, 5.41) is 16.8. The number of sulfone groups is 1. The van der Waals surface area contributed by atoms with Gasteiger partial charge in [-0.25, -0.2) is 18.4 Å². The molecule has 0 saturated carbocycles. The normalized spacial score (nSPS) is 14.0. The molecule has 10 nitrogen and oxygen atoms in total. The zero-order valence-corrected chi connectivity index (χ0v) is 17.2. The molecule has 0 atom stereocenters. The summed E-state index contributed by atoms with van der Waals surface area (Å²) in [4.78, 5) is 8.73. The Morgan fingerprint density at radius 3 is 2.93 bits per heavy atom. The third-order valence-corrected chi connectivity index (χ3v) is 6.28. The molecular weight excluding hydrogens is 404 g/mol. The number of fused-ring (bicyclic) bond motifs is 2. The van der Waals surface area contributed by atoms with Gasteiger partial charge >= 0.3 is 0 Å². The second-order valence-electron chi connectivity index (χ2n) is 7.37. The average Bonchev–Trinajstić information content (AvgIpc) is 3.35. The molecule has 0 spiro atoms. The Morgan fingerprint density at radius 1 is 1.17 bits per heavy atom. The van der Waals surface area contributed by atoms with Crippen molar-refractivity contribution >= 4 is 32.2 Å². The minimum atomic E-state index is -3.33. The van der Waals surface area contributed by atoms with Gasteiger partial charge in [-0.05, 0) is 31.0 Å². The van der Waals surface area contributed by atoms with E-state index in [0.717, 1.165) is 43.1 Å². The number of hydrogen-bond donors (Lipinski definition) is 1. The lowest BCUT2D eigenvalue weighted by atomic mass is 10.2. The van der Waals surface area contributed by atoms with Gasteiger partial charge in [0.15, 0.2) is 15.7 Å². The van der Waals surface area contributed by atoms with Crippen molar-refractivity contribution in [3.63, 3.8) is 0 Å². The summed E-state index contributed by atoms with van der Waals surface area (Å²) in [6.07, 6.45) is 9.44. The molecule has 4 aromatic rings. The van der Waals surface area contributed by atoms with E-state index < -0.39 is 9.84 Å². The van der Waals surface area contributed by atoms with Crippen LogP contribution >= 0.6 is 0 Å². The second-order valence-corrected chi connectivity index (χ2v) is 9.38. The molecule has 4 heterocycles. The van der Waals surface area contributed by atoms with Crippen molar-refractivity contribution in [2.45, 2.75) is 37.2 Å². The van der Waals surface area contributed by atoms with E-state index in [1.807, 2.05) is 6.20 Å². The van der Waals surface area contributed by atoms with Gasteiger partial charge < -0.3 is 9.88 Å². The third-order valence-electron chi connectivity index (χ3n) is 5.17. The van der Waals surface area contributed by atoms with Gasteiger partial charge in [0.1, 0.15) is 24.5 Å². The van der Waals surface area contributed by atoms with E-state index in [1.165, 1.54) is 12.6 Å². The third kappa shape index (κ3) is 3.52. The molecule has 0 saturated heterocycles. The number of benzene rings is 1. The summed E-state index contributed by atoms with van der Waals surface area (Å²) in [6.45, 7) is 1.47. The van der Waals surface area contributed by atoms with Gasteiger partial charge in [0.2, 0.25) is 0 Å². The highest BCUT2D eigenvalue weighted by Crippen LogP contribution is 2.25. The second kappa shape index (κ2) is 7.17. The van der Waals surface area contributed by atoms with Crippen LogP contribution in [-0.2, 0) is 29.3 Å². The van der Waals surface area contributed by atoms with Crippen LogP contribution in [0.5, 0.6) is 0 Å². The molecule has 0 bridgehead atoms. The monoisotopic (exact) mass is 424 g/mol. The van der Waals surface area contributed by atoms with Crippen LogP contribution in [0.2, 0.25) is 0 Å². The maximum Gasteiger partial charge on any atom is 0.175 e. The predicted octanol–water partition coefficient (Wildman–Crippen LogP) is 1.95. The summed E-state index contributed by atoms with van der Waals surface area (Å²) in [6, 6.07) is 4.81. The fourth-order valence-electron chi connectivity index (χ4n) is 3.65. The molecule has 1 aliphatic rings.